The van der Waals surface area contributed by atoms with Crippen LogP contribution in [-0.4, -0.2) is 35.6 Å². The molecule has 1 aromatic heterocycles. The molecule has 6 heteroatoms. The van der Waals surface area contributed by atoms with Crippen molar-refractivity contribution in [2.24, 2.45) is 5.92 Å². The van der Waals surface area contributed by atoms with Crippen LogP contribution in [0.4, 0.5) is 5.13 Å². The summed E-state index contributed by atoms with van der Waals surface area (Å²) in [6, 6.07) is 8.73. The summed E-state index contributed by atoms with van der Waals surface area (Å²) in [5.41, 5.74) is 0.977. The Kier molecular flexibility index (Phi) is 4.18. The Balaban J connectivity index is 1.79. The van der Waals surface area contributed by atoms with Crippen LogP contribution in [0, 0.1) is 17.2 Å². The zero-order chi connectivity index (χ0) is 15.5. The molecule has 1 N–H and O–H groups in total. The van der Waals surface area contributed by atoms with Gasteiger partial charge in [-0.2, -0.15) is 5.26 Å². The molecule has 0 aliphatic carbocycles. The molecule has 1 aromatic carbocycles. The number of nitriles is 1. The Morgan fingerprint density at radius 1 is 1.55 bits per heavy atom. The Labute approximate surface area is 132 Å². The maximum absolute atomic E-state index is 12.5. The molecule has 0 unspecified atom stereocenters. The van der Waals surface area contributed by atoms with E-state index < -0.39 is 0 Å². The third-order valence-electron chi connectivity index (χ3n) is 3.79. The van der Waals surface area contributed by atoms with Gasteiger partial charge < -0.3 is 10.0 Å². The number of carbonyl (C=O) groups is 1. The van der Waals surface area contributed by atoms with Crippen molar-refractivity contribution in [3.63, 3.8) is 0 Å². The number of nitrogens with zero attached hydrogens (tertiary/aromatic N) is 3. The Morgan fingerprint density at radius 2 is 2.41 bits per heavy atom. The fourth-order valence-electron chi connectivity index (χ4n) is 2.54. The van der Waals surface area contributed by atoms with Gasteiger partial charge in [-0.25, -0.2) is 4.98 Å². The molecule has 1 fully saturated rings. The van der Waals surface area contributed by atoms with Crippen LogP contribution in [0.15, 0.2) is 30.5 Å². The highest BCUT2D eigenvalue weighted by Crippen LogP contribution is 2.29. The third kappa shape index (κ3) is 2.86. The summed E-state index contributed by atoms with van der Waals surface area (Å²) in [7, 11) is 0. The number of aromatic nitrogens is 1. The first kappa shape index (κ1) is 14.7. The normalized spacial score (nSPS) is 17.5. The molecular weight excluding hydrogens is 298 g/mol. The third-order valence-corrected chi connectivity index (χ3v) is 4.84. The van der Waals surface area contributed by atoms with Crippen molar-refractivity contribution < 1.29 is 9.90 Å². The van der Waals surface area contributed by atoms with E-state index in [0.29, 0.717) is 16.0 Å². The van der Waals surface area contributed by atoms with Gasteiger partial charge in [-0.3, -0.25) is 4.79 Å². The molecule has 2 aromatic rings. The highest BCUT2D eigenvalue weighted by atomic mass is 32.1. The SMILES string of the molecule is N#Cc1cccc(C(=O)c2cnc(N3CC[C@@H](CO)C3)s2)c1. The molecule has 3 rings (SSSR count). The summed E-state index contributed by atoms with van der Waals surface area (Å²) in [5, 5.41) is 18.9. The number of anilines is 1. The van der Waals surface area contributed by atoms with Crippen molar-refractivity contribution in [3.8, 4) is 6.07 Å². The van der Waals surface area contributed by atoms with Crippen molar-refractivity contribution in [1.29, 1.82) is 5.26 Å². The summed E-state index contributed by atoms with van der Waals surface area (Å²) in [6.07, 6.45) is 2.54. The number of carbonyl (C=O) groups excluding carboxylic acids is 1. The van der Waals surface area contributed by atoms with Crippen molar-refractivity contribution in [2.45, 2.75) is 6.42 Å². The van der Waals surface area contributed by atoms with Gasteiger partial charge >= 0.3 is 0 Å². The quantitative estimate of drug-likeness (QED) is 0.874. The van der Waals surface area contributed by atoms with Gasteiger partial charge in [0.15, 0.2) is 5.13 Å². The fraction of sp³-hybridized carbons (Fsp3) is 0.312. The molecule has 1 aliphatic rings. The van der Waals surface area contributed by atoms with Crippen LogP contribution in [0.3, 0.4) is 0 Å². The van der Waals surface area contributed by atoms with Crippen LogP contribution < -0.4 is 4.90 Å². The monoisotopic (exact) mass is 313 g/mol. The number of rotatable bonds is 4. The average Bonchev–Trinajstić information content (AvgIpc) is 3.22. The minimum absolute atomic E-state index is 0.112. The zero-order valence-electron chi connectivity index (χ0n) is 11.9. The van der Waals surface area contributed by atoms with Gasteiger partial charge in [-0.15, -0.1) is 0 Å². The Hall–Kier alpha value is -2.23. The summed E-state index contributed by atoms with van der Waals surface area (Å²) in [5.74, 6) is 0.175. The summed E-state index contributed by atoms with van der Waals surface area (Å²) in [6.45, 7) is 1.83. The highest BCUT2D eigenvalue weighted by molar-refractivity contribution is 7.17. The largest absolute Gasteiger partial charge is 0.396 e. The Morgan fingerprint density at radius 3 is 3.14 bits per heavy atom. The van der Waals surface area contributed by atoms with Crippen LogP contribution >= 0.6 is 11.3 Å². The van der Waals surface area contributed by atoms with Gasteiger partial charge in [0, 0.05) is 31.2 Å². The van der Waals surface area contributed by atoms with Gasteiger partial charge in [0.25, 0.3) is 0 Å². The molecule has 1 saturated heterocycles. The van der Waals surface area contributed by atoms with Crippen LogP contribution in [0.5, 0.6) is 0 Å². The van der Waals surface area contributed by atoms with E-state index in [1.807, 2.05) is 6.07 Å². The predicted octanol–water partition coefficient (Wildman–Crippen LogP) is 2.06. The predicted molar refractivity (Wildman–Crippen MR) is 84.1 cm³/mol. The molecule has 5 nitrogen and oxygen atoms in total. The minimum atomic E-state index is -0.112. The van der Waals surface area contributed by atoms with E-state index in [-0.39, 0.29) is 18.3 Å². The lowest BCUT2D eigenvalue weighted by atomic mass is 10.1. The second-order valence-corrected chi connectivity index (χ2v) is 6.32. The standard InChI is InChI=1S/C16H15N3O2S/c17-7-11-2-1-3-13(6-11)15(21)14-8-18-16(22-14)19-5-4-12(9-19)10-20/h1-3,6,8,12,20H,4-5,9-10H2/t12-/m1/s1. The summed E-state index contributed by atoms with van der Waals surface area (Å²) >= 11 is 1.36. The van der Waals surface area contributed by atoms with Gasteiger partial charge in [0.2, 0.25) is 5.78 Å². The van der Waals surface area contributed by atoms with Crippen LogP contribution in [0.1, 0.15) is 27.2 Å². The summed E-state index contributed by atoms with van der Waals surface area (Å²) in [4.78, 5) is 19.5. The fourth-order valence-corrected chi connectivity index (χ4v) is 3.46. The number of aliphatic hydroxyl groups excluding tert-OH is 1. The number of ketones is 1. The van der Waals surface area contributed by atoms with E-state index in [1.54, 1.807) is 30.5 Å². The summed E-state index contributed by atoms with van der Waals surface area (Å²) < 4.78 is 0. The second kappa shape index (κ2) is 6.26. The molecular formula is C16H15N3O2S. The lowest BCUT2D eigenvalue weighted by Gasteiger charge is -2.13. The van der Waals surface area contributed by atoms with Crippen molar-refractivity contribution in [1.82, 2.24) is 4.98 Å². The maximum atomic E-state index is 12.5. The smallest absolute Gasteiger partial charge is 0.204 e. The zero-order valence-corrected chi connectivity index (χ0v) is 12.7. The van der Waals surface area contributed by atoms with Gasteiger partial charge in [0.05, 0.1) is 22.7 Å². The minimum Gasteiger partial charge on any atom is -0.396 e. The first-order valence-corrected chi connectivity index (χ1v) is 7.89. The van der Waals surface area contributed by atoms with Gasteiger partial charge in [-0.1, -0.05) is 23.5 Å². The second-order valence-electron chi connectivity index (χ2n) is 5.31. The average molecular weight is 313 g/mol. The van der Waals surface area contributed by atoms with E-state index >= 15 is 0 Å². The molecule has 1 atom stereocenters. The van der Waals surface area contributed by atoms with Gasteiger partial charge in [0.1, 0.15) is 0 Å². The molecule has 1 aliphatic heterocycles. The molecule has 112 valence electrons. The van der Waals surface area contributed by atoms with E-state index in [0.717, 1.165) is 24.6 Å². The number of benzene rings is 1. The van der Waals surface area contributed by atoms with Crippen molar-refractivity contribution in [3.05, 3.63) is 46.5 Å². The molecule has 0 saturated carbocycles. The molecule has 0 spiro atoms. The van der Waals surface area contributed by atoms with Crippen LogP contribution in [-0.2, 0) is 0 Å². The Bertz CT molecular complexity index is 735. The molecule has 2 heterocycles. The lowest BCUT2D eigenvalue weighted by Crippen LogP contribution is -2.20. The lowest BCUT2D eigenvalue weighted by molar-refractivity contribution is 0.104. The molecule has 22 heavy (non-hydrogen) atoms. The van der Waals surface area contributed by atoms with Crippen LogP contribution in [0.25, 0.3) is 0 Å². The van der Waals surface area contributed by atoms with E-state index in [4.69, 9.17) is 5.26 Å². The van der Waals surface area contributed by atoms with Gasteiger partial charge in [-0.05, 0) is 18.6 Å². The molecule has 0 bridgehead atoms. The number of thiazole rings is 1. The first-order valence-electron chi connectivity index (χ1n) is 7.07. The van der Waals surface area contributed by atoms with E-state index in [1.165, 1.54) is 11.3 Å². The first-order chi connectivity index (χ1) is 10.7. The highest BCUT2D eigenvalue weighted by Gasteiger charge is 2.25. The molecule has 0 amide bonds. The van der Waals surface area contributed by atoms with Crippen LogP contribution in [0.2, 0.25) is 0 Å². The maximum Gasteiger partial charge on any atom is 0.204 e. The molecule has 0 radical (unpaired) electrons. The van der Waals surface area contributed by atoms with E-state index in [9.17, 15) is 9.90 Å². The van der Waals surface area contributed by atoms with Crippen molar-refractivity contribution >= 4 is 22.3 Å². The van der Waals surface area contributed by atoms with Crippen molar-refractivity contribution in [2.75, 3.05) is 24.6 Å². The topological polar surface area (TPSA) is 77.2 Å². The number of hydrogen-bond acceptors (Lipinski definition) is 6. The number of aliphatic hydroxyl groups is 1. The number of hydrogen-bond donors (Lipinski definition) is 1. The van der Waals surface area contributed by atoms with E-state index in [2.05, 4.69) is 9.88 Å².